The number of nitrogens with zero attached hydrogens (tertiary/aromatic N) is 1. The summed E-state index contributed by atoms with van der Waals surface area (Å²) in [4.78, 5) is 26.9. The van der Waals surface area contributed by atoms with Crippen molar-refractivity contribution in [3.8, 4) is 0 Å². The van der Waals surface area contributed by atoms with E-state index < -0.39 is 6.04 Å². The lowest BCUT2D eigenvalue weighted by molar-refractivity contribution is -0.137. The van der Waals surface area contributed by atoms with Crippen molar-refractivity contribution in [2.45, 2.75) is 44.7 Å². The molecular formula is C17H22N2O2. The Bertz CT molecular complexity index is 525. The van der Waals surface area contributed by atoms with Crippen molar-refractivity contribution in [1.29, 1.82) is 0 Å². The summed E-state index contributed by atoms with van der Waals surface area (Å²) in [6, 6.07) is 9.29. The van der Waals surface area contributed by atoms with Crippen LogP contribution >= 0.6 is 0 Å². The topological polar surface area (TPSA) is 49.4 Å². The second-order valence-electron chi connectivity index (χ2n) is 6.15. The molecule has 112 valence electrons. The first-order chi connectivity index (χ1) is 10.2. The van der Waals surface area contributed by atoms with Crippen LogP contribution in [-0.2, 0) is 9.59 Å². The molecule has 0 radical (unpaired) electrons. The summed E-state index contributed by atoms with van der Waals surface area (Å²) in [5, 5.41) is 2.96. The van der Waals surface area contributed by atoms with Crippen LogP contribution in [0.5, 0.6) is 0 Å². The van der Waals surface area contributed by atoms with Crippen LogP contribution in [0.15, 0.2) is 30.3 Å². The van der Waals surface area contributed by atoms with Gasteiger partial charge in [-0.15, -0.1) is 0 Å². The number of carbonyl (C=O) groups excluding carboxylic acids is 2. The maximum absolute atomic E-state index is 12.8. The molecule has 4 nitrogen and oxygen atoms in total. The molecule has 0 bridgehead atoms. The zero-order valence-electron chi connectivity index (χ0n) is 12.4. The fourth-order valence-electron chi connectivity index (χ4n) is 2.97. The predicted octanol–water partition coefficient (Wildman–Crippen LogP) is 2.26. The van der Waals surface area contributed by atoms with Gasteiger partial charge in [-0.1, -0.05) is 30.3 Å². The zero-order chi connectivity index (χ0) is 14.8. The van der Waals surface area contributed by atoms with Crippen LogP contribution in [0.2, 0.25) is 0 Å². The van der Waals surface area contributed by atoms with E-state index in [1.807, 2.05) is 35.2 Å². The molecule has 21 heavy (non-hydrogen) atoms. The fraction of sp³-hybridized carbons (Fsp3) is 0.529. The Morgan fingerprint density at radius 2 is 1.90 bits per heavy atom. The Hall–Kier alpha value is -1.84. The third-order valence-electron chi connectivity index (χ3n) is 4.45. The van der Waals surface area contributed by atoms with E-state index in [0.717, 1.165) is 37.8 Å². The monoisotopic (exact) mass is 286 g/mol. The number of hydrogen-bond donors (Lipinski definition) is 1. The summed E-state index contributed by atoms with van der Waals surface area (Å²) in [5.41, 5.74) is 0.871. The van der Waals surface area contributed by atoms with Crippen LogP contribution in [0.4, 0.5) is 0 Å². The van der Waals surface area contributed by atoms with E-state index in [9.17, 15) is 9.59 Å². The molecule has 2 atom stereocenters. The highest BCUT2D eigenvalue weighted by molar-refractivity contribution is 5.90. The maximum atomic E-state index is 12.8. The number of amides is 2. The second-order valence-corrected chi connectivity index (χ2v) is 6.15. The van der Waals surface area contributed by atoms with Crippen molar-refractivity contribution in [3.05, 3.63) is 35.9 Å². The summed E-state index contributed by atoms with van der Waals surface area (Å²) < 4.78 is 0. The van der Waals surface area contributed by atoms with Gasteiger partial charge in [0.2, 0.25) is 11.8 Å². The normalized spacial score (nSPS) is 22.9. The van der Waals surface area contributed by atoms with Crippen LogP contribution in [0, 0.1) is 5.92 Å². The van der Waals surface area contributed by atoms with Crippen molar-refractivity contribution >= 4 is 11.8 Å². The van der Waals surface area contributed by atoms with Crippen LogP contribution in [0.1, 0.15) is 44.2 Å². The molecule has 0 spiro atoms. The van der Waals surface area contributed by atoms with Crippen molar-refractivity contribution < 1.29 is 9.59 Å². The summed E-state index contributed by atoms with van der Waals surface area (Å²) >= 11 is 0. The van der Waals surface area contributed by atoms with Crippen molar-refractivity contribution in [2.75, 3.05) is 6.54 Å². The fourth-order valence-corrected chi connectivity index (χ4v) is 2.97. The number of rotatable bonds is 4. The summed E-state index contributed by atoms with van der Waals surface area (Å²) in [5.74, 6) is 0.157. The van der Waals surface area contributed by atoms with Gasteiger partial charge >= 0.3 is 0 Å². The number of benzene rings is 1. The standard InChI is InChI=1S/C17H22N2O2/c1-12-6-5-11-19(12)17(21)15(13-7-3-2-4-8-13)18-16(20)14-9-10-14/h2-4,7-8,12,14-15H,5-6,9-11H2,1H3,(H,18,20). The van der Waals surface area contributed by atoms with Gasteiger partial charge in [-0.05, 0) is 38.2 Å². The van der Waals surface area contributed by atoms with E-state index in [-0.39, 0.29) is 23.8 Å². The molecule has 2 aliphatic rings. The average molecular weight is 286 g/mol. The quantitative estimate of drug-likeness (QED) is 0.923. The SMILES string of the molecule is CC1CCCN1C(=O)C(NC(=O)C1CC1)c1ccccc1. The lowest BCUT2D eigenvalue weighted by Gasteiger charge is -2.27. The van der Waals surface area contributed by atoms with Gasteiger partial charge < -0.3 is 10.2 Å². The first kappa shape index (κ1) is 14.1. The molecule has 1 saturated heterocycles. The third-order valence-corrected chi connectivity index (χ3v) is 4.45. The van der Waals surface area contributed by atoms with Crippen molar-refractivity contribution in [3.63, 3.8) is 0 Å². The molecule has 1 aliphatic carbocycles. The first-order valence-corrected chi connectivity index (χ1v) is 7.82. The number of likely N-dealkylation sites (tertiary alicyclic amines) is 1. The summed E-state index contributed by atoms with van der Waals surface area (Å²) in [6.07, 6.45) is 3.98. The smallest absolute Gasteiger partial charge is 0.250 e. The molecule has 4 heteroatoms. The Balaban J connectivity index is 1.80. The number of nitrogens with one attached hydrogen (secondary N) is 1. The van der Waals surface area contributed by atoms with E-state index in [2.05, 4.69) is 12.2 Å². The highest BCUT2D eigenvalue weighted by atomic mass is 16.2. The molecule has 1 aromatic rings. The summed E-state index contributed by atoms with van der Waals surface area (Å²) in [6.45, 7) is 2.87. The molecule has 3 rings (SSSR count). The second kappa shape index (κ2) is 5.88. The van der Waals surface area contributed by atoms with Crippen LogP contribution in [0.25, 0.3) is 0 Å². The Morgan fingerprint density at radius 3 is 2.48 bits per heavy atom. The molecule has 1 N–H and O–H groups in total. The van der Waals surface area contributed by atoms with Crippen LogP contribution in [0.3, 0.4) is 0 Å². The predicted molar refractivity (Wildman–Crippen MR) is 80.5 cm³/mol. The van der Waals surface area contributed by atoms with Gasteiger partial charge in [0.05, 0.1) is 0 Å². The highest BCUT2D eigenvalue weighted by Gasteiger charge is 2.36. The van der Waals surface area contributed by atoms with Crippen LogP contribution in [-0.4, -0.2) is 29.3 Å². The minimum atomic E-state index is -0.542. The van der Waals surface area contributed by atoms with E-state index in [1.165, 1.54) is 0 Å². The number of hydrogen-bond acceptors (Lipinski definition) is 2. The van der Waals surface area contributed by atoms with Crippen molar-refractivity contribution in [2.24, 2.45) is 5.92 Å². The molecule has 1 aromatic carbocycles. The minimum Gasteiger partial charge on any atom is -0.340 e. The van der Waals surface area contributed by atoms with Gasteiger partial charge in [-0.3, -0.25) is 9.59 Å². The molecular weight excluding hydrogens is 264 g/mol. The Morgan fingerprint density at radius 1 is 1.19 bits per heavy atom. The van der Waals surface area contributed by atoms with E-state index in [1.54, 1.807) is 0 Å². The molecule has 1 aliphatic heterocycles. The highest BCUT2D eigenvalue weighted by Crippen LogP contribution is 2.30. The lowest BCUT2D eigenvalue weighted by atomic mass is 10.0. The van der Waals surface area contributed by atoms with Gasteiger partial charge in [-0.2, -0.15) is 0 Å². The van der Waals surface area contributed by atoms with Crippen molar-refractivity contribution in [1.82, 2.24) is 10.2 Å². The molecule has 2 unspecified atom stereocenters. The molecule has 1 saturated carbocycles. The lowest BCUT2D eigenvalue weighted by Crippen LogP contribution is -2.44. The van der Waals surface area contributed by atoms with Gasteiger partial charge in [0, 0.05) is 18.5 Å². The molecule has 1 heterocycles. The maximum Gasteiger partial charge on any atom is 0.250 e. The van der Waals surface area contributed by atoms with Gasteiger partial charge in [0.1, 0.15) is 6.04 Å². The molecule has 2 amide bonds. The average Bonchev–Trinajstić information content (AvgIpc) is 3.27. The largest absolute Gasteiger partial charge is 0.340 e. The number of carbonyl (C=O) groups is 2. The molecule has 2 fully saturated rings. The van der Waals surface area contributed by atoms with Gasteiger partial charge in [0.25, 0.3) is 0 Å². The van der Waals surface area contributed by atoms with E-state index in [4.69, 9.17) is 0 Å². The third kappa shape index (κ3) is 3.09. The Kier molecular flexibility index (Phi) is 3.95. The van der Waals surface area contributed by atoms with E-state index >= 15 is 0 Å². The molecule has 0 aromatic heterocycles. The minimum absolute atomic E-state index is 0.0176. The van der Waals surface area contributed by atoms with E-state index in [0.29, 0.717) is 0 Å². The van der Waals surface area contributed by atoms with Gasteiger partial charge in [-0.25, -0.2) is 0 Å². The first-order valence-electron chi connectivity index (χ1n) is 7.82. The Labute approximate surface area is 125 Å². The van der Waals surface area contributed by atoms with Gasteiger partial charge in [0.15, 0.2) is 0 Å². The summed E-state index contributed by atoms with van der Waals surface area (Å²) in [7, 11) is 0. The van der Waals surface area contributed by atoms with Crippen LogP contribution < -0.4 is 5.32 Å². The zero-order valence-corrected chi connectivity index (χ0v) is 12.4.